The molecule has 0 atom stereocenters. The highest BCUT2D eigenvalue weighted by atomic mass is 32.2. The maximum absolute atomic E-state index is 11.3. The molecule has 1 saturated heterocycles. The summed E-state index contributed by atoms with van der Waals surface area (Å²) in [6.07, 6.45) is 1.45. The summed E-state index contributed by atoms with van der Waals surface area (Å²) < 4.78 is 25.5. The number of hydrogen-bond acceptors (Lipinski definition) is 6. The molecule has 0 bridgehead atoms. The van der Waals surface area contributed by atoms with Crippen molar-refractivity contribution in [3.8, 4) is 0 Å². The average Bonchev–Trinajstić information content (AvgIpc) is 2.85. The Balaban J connectivity index is 1.89. The summed E-state index contributed by atoms with van der Waals surface area (Å²) in [6, 6.07) is 1.91. The molecule has 0 amide bonds. The van der Waals surface area contributed by atoms with E-state index in [-0.39, 0.29) is 0 Å². The Morgan fingerprint density at radius 1 is 1.25 bits per heavy atom. The van der Waals surface area contributed by atoms with E-state index in [9.17, 15) is 8.42 Å². The van der Waals surface area contributed by atoms with E-state index in [0.29, 0.717) is 32.0 Å². The van der Waals surface area contributed by atoms with Crippen LogP contribution < -0.4 is 10.0 Å². The predicted molar refractivity (Wildman–Crippen MR) is 72.4 cm³/mol. The number of rotatable bonds is 2. The van der Waals surface area contributed by atoms with E-state index in [4.69, 9.17) is 5.14 Å². The molecule has 20 heavy (non-hydrogen) atoms. The fourth-order valence-electron chi connectivity index (χ4n) is 2.31. The van der Waals surface area contributed by atoms with Crippen molar-refractivity contribution in [2.75, 3.05) is 31.1 Å². The first-order valence-electron chi connectivity index (χ1n) is 6.15. The molecule has 0 aromatic carbocycles. The smallest absolute Gasteiger partial charge is 0.277 e. The van der Waals surface area contributed by atoms with Gasteiger partial charge in [0.2, 0.25) is 0 Å². The summed E-state index contributed by atoms with van der Waals surface area (Å²) in [5.74, 6) is 1.40. The Bertz CT molecular complexity index is 733. The van der Waals surface area contributed by atoms with Crippen LogP contribution in [0.1, 0.15) is 5.69 Å². The van der Waals surface area contributed by atoms with Gasteiger partial charge in [0.25, 0.3) is 16.0 Å². The first kappa shape index (κ1) is 13.2. The van der Waals surface area contributed by atoms with Crippen molar-refractivity contribution >= 4 is 21.8 Å². The van der Waals surface area contributed by atoms with Crippen LogP contribution in [0.15, 0.2) is 12.4 Å². The van der Waals surface area contributed by atoms with E-state index < -0.39 is 10.2 Å². The zero-order valence-corrected chi connectivity index (χ0v) is 11.8. The zero-order valence-electron chi connectivity index (χ0n) is 11.0. The monoisotopic (exact) mass is 297 g/mol. The number of hydrogen-bond donors (Lipinski definition) is 1. The highest BCUT2D eigenvalue weighted by Crippen LogP contribution is 2.18. The van der Waals surface area contributed by atoms with Crippen molar-refractivity contribution in [2.24, 2.45) is 5.14 Å². The molecule has 1 aliphatic rings. The molecular formula is C10H15N7O2S. The second-order valence-electron chi connectivity index (χ2n) is 4.66. The van der Waals surface area contributed by atoms with Gasteiger partial charge in [0, 0.05) is 37.9 Å². The van der Waals surface area contributed by atoms with Gasteiger partial charge in [-0.3, -0.25) is 0 Å². The number of fused-ring (bicyclic) bond motifs is 1. The third kappa shape index (κ3) is 2.32. The van der Waals surface area contributed by atoms with E-state index in [1.165, 1.54) is 10.6 Å². The number of nitrogens with zero attached hydrogens (tertiary/aromatic N) is 6. The first-order chi connectivity index (χ1) is 9.45. The fraction of sp³-hybridized carbons (Fsp3) is 0.500. The Morgan fingerprint density at radius 2 is 1.95 bits per heavy atom. The summed E-state index contributed by atoms with van der Waals surface area (Å²) in [7, 11) is -3.61. The minimum atomic E-state index is -3.61. The summed E-state index contributed by atoms with van der Waals surface area (Å²) in [5, 5.41) is 9.28. The van der Waals surface area contributed by atoms with Crippen LogP contribution in [0.25, 0.3) is 5.78 Å². The van der Waals surface area contributed by atoms with Crippen LogP contribution in [0.4, 0.5) is 5.82 Å². The van der Waals surface area contributed by atoms with E-state index in [0.717, 1.165) is 11.5 Å². The van der Waals surface area contributed by atoms with Crippen molar-refractivity contribution in [2.45, 2.75) is 6.92 Å². The van der Waals surface area contributed by atoms with E-state index >= 15 is 0 Å². The van der Waals surface area contributed by atoms with E-state index in [1.54, 1.807) is 4.52 Å². The van der Waals surface area contributed by atoms with Gasteiger partial charge in [-0.15, -0.1) is 0 Å². The molecule has 3 rings (SSSR count). The van der Waals surface area contributed by atoms with Crippen molar-refractivity contribution < 1.29 is 8.42 Å². The van der Waals surface area contributed by atoms with Crippen molar-refractivity contribution in [1.29, 1.82) is 0 Å². The molecule has 1 fully saturated rings. The Kier molecular flexibility index (Phi) is 3.07. The van der Waals surface area contributed by atoms with Gasteiger partial charge in [0.05, 0.1) is 0 Å². The first-order valence-corrected chi connectivity index (χ1v) is 7.66. The van der Waals surface area contributed by atoms with Crippen LogP contribution in [-0.2, 0) is 10.2 Å². The highest BCUT2D eigenvalue weighted by molar-refractivity contribution is 7.86. The molecule has 108 valence electrons. The number of anilines is 1. The van der Waals surface area contributed by atoms with Gasteiger partial charge in [-0.05, 0) is 6.92 Å². The van der Waals surface area contributed by atoms with Crippen LogP contribution >= 0.6 is 0 Å². The molecule has 2 aromatic heterocycles. The fourth-order valence-corrected chi connectivity index (χ4v) is 2.98. The van der Waals surface area contributed by atoms with Crippen molar-refractivity contribution in [3.63, 3.8) is 0 Å². The Labute approximate surface area is 116 Å². The van der Waals surface area contributed by atoms with Crippen LogP contribution in [0.2, 0.25) is 0 Å². The van der Waals surface area contributed by atoms with Crippen molar-refractivity contribution in [1.82, 2.24) is 23.9 Å². The SMILES string of the molecule is Cc1cc(N2CCN(S(N)(=O)=O)CC2)n2ncnc2n1. The quantitative estimate of drug-likeness (QED) is 0.742. The number of aryl methyl sites for hydroxylation is 1. The maximum Gasteiger partial charge on any atom is 0.277 e. The highest BCUT2D eigenvalue weighted by Gasteiger charge is 2.25. The predicted octanol–water partition coefficient (Wildman–Crippen LogP) is -1.24. The lowest BCUT2D eigenvalue weighted by atomic mass is 10.3. The summed E-state index contributed by atoms with van der Waals surface area (Å²) in [6.45, 7) is 3.70. The molecule has 10 heteroatoms. The van der Waals surface area contributed by atoms with Gasteiger partial charge in [-0.25, -0.2) is 10.1 Å². The summed E-state index contributed by atoms with van der Waals surface area (Å²) >= 11 is 0. The number of nitrogens with two attached hydrogens (primary N) is 1. The molecule has 0 saturated carbocycles. The molecule has 0 spiro atoms. The van der Waals surface area contributed by atoms with Crippen LogP contribution in [0.5, 0.6) is 0 Å². The molecule has 3 heterocycles. The van der Waals surface area contributed by atoms with Crippen LogP contribution in [0.3, 0.4) is 0 Å². The Hall–Kier alpha value is -1.78. The van der Waals surface area contributed by atoms with Gasteiger partial charge >= 0.3 is 0 Å². The van der Waals surface area contributed by atoms with Gasteiger partial charge in [0.1, 0.15) is 12.1 Å². The maximum atomic E-state index is 11.3. The van der Waals surface area contributed by atoms with E-state index in [1.807, 2.05) is 13.0 Å². The van der Waals surface area contributed by atoms with Gasteiger partial charge in [-0.1, -0.05) is 0 Å². The molecular weight excluding hydrogens is 282 g/mol. The lowest BCUT2D eigenvalue weighted by Gasteiger charge is -2.34. The average molecular weight is 297 g/mol. The normalized spacial score (nSPS) is 17.8. The molecule has 0 radical (unpaired) electrons. The number of aromatic nitrogens is 4. The molecule has 0 aliphatic carbocycles. The minimum absolute atomic E-state index is 0.358. The van der Waals surface area contributed by atoms with Gasteiger partial charge in [-0.2, -0.15) is 27.3 Å². The second kappa shape index (κ2) is 4.65. The summed E-state index contributed by atoms with van der Waals surface area (Å²) in [5.41, 5.74) is 0.842. The van der Waals surface area contributed by atoms with Gasteiger partial charge < -0.3 is 4.90 Å². The lowest BCUT2D eigenvalue weighted by Crippen LogP contribution is -2.51. The lowest BCUT2D eigenvalue weighted by molar-refractivity contribution is 0.383. The van der Waals surface area contributed by atoms with Crippen LogP contribution in [0, 0.1) is 6.92 Å². The third-order valence-corrected chi connectivity index (χ3v) is 4.37. The largest absolute Gasteiger partial charge is 0.354 e. The van der Waals surface area contributed by atoms with E-state index in [2.05, 4.69) is 20.0 Å². The molecule has 9 nitrogen and oxygen atoms in total. The molecule has 2 N–H and O–H groups in total. The molecule has 0 unspecified atom stereocenters. The third-order valence-electron chi connectivity index (χ3n) is 3.28. The Morgan fingerprint density at radius 3 is 2.60 bits per heavy atom. The number of piperazine rings is 1. The van der Waals surface area contributed by atoms with Crippen LogP contribution in [-0.4, -0.2) is 58.5 Å². The minimum Gasteiger partial charge on any atom is -0.354 e. The zero-order chi connectivity index (χ0) is 14.3. The van der Waals surface area contributed by atoms with Crippen molar-refractivity contribution in [3.05, 3.63) is 18.1 Å². The standard InChI is InChI=1S/C10H15N7O2S/c1-8-6-9(17-10(14-8)12-7-13-17)15-2-4-16(5-3-15)20(11,18)19/h6-7H,2-5H2,1H3,(H2,11,18,19). The molecule has 1 aliphatic heterocycles. The molecule has 2 aromatic rings. The summed E-state index contributed by atoms with van der Waals surface area (Å²) in [4.78, 5) is 10.4. The topological polar surface area (TPSA) is 110 Å². The second-order valence-corrected chi connectivity index (χ2v) is 6.20. The van der Waals surface area contributed by atoms with Gasteiger partial charge in [0.15, 0.2) is 0 Å².